The second-order valence-electron chi connectivity index (χ2n) is 4.34. The molecule has 0 aromatic heterocycles. The molecule has 7 nitrogen and oxygen atoms in total. The van der Waals surface area contributed by atoms with Crippen LogP contribution in [0.4, 0.5) is 5.69 Å². The number of carboxylic acids is 1. The lowest BCUT2D eigenvalue weighted by molar-refractivity contribution is -0.384. The minimum absolute atomic E-state index is 0.0566. The van der Waals surface area contributed by atoms with Crippen LogP contribution in [-0.4, -0.2) is 27.9 Å². The van der Waals surface area contributed by atoms with E-state index in [9.17, 15) is 19.7 Å². The zero-order valence-electron chi connectivity index (χ0n) is 10.5. The third-order valence-corrected chi connectivity index (χ3v) is 2.54. The third-order valence-electron chi connectivity index (χ3n) is 2.54. The number of hydrogen-bond donors (Lipinski definition) is 2. The van der Waals surface area contributed by atoms with Crippen LogP contribution in [0, 0.1) is 16.0 Å². The summed E-state index contributed by atoms with van der Waals surface area (Å²) in [7, 11) is 0. The number of nitro groups is 1. The summed E-state index contributed by atoms with van der Waals surface area (Å²) < 4.78 is 0. The second kappa shape index (κ2) is 5.94. The van der Waals surface area contributed by atoms with Crippen LogP contribution in [0.25, 0.3) is 0 Å². The number of amides is 1. The van der Waals surface area contributed by atoms with Gasteiger partial charge in [-0.3, -0.25) is 14.9 Å². The molecule has 0 saturated heterocycles. The highest BCUT2D eigenvalue weighted by Gasteiger charge is 2.24. The van der Waals surface area contributed by atoms with Gasteiger partial charge in [0.1, 0.15) is 6.04 Å². The Hall–Kier alpha value is -2.44. The molecule has 2 N–H and O–H groups in total. The molecule has 1 amide bonds. The summed E-state index contributed by atoms with van der Waals surface area (Å²) in [5.74, 6) is -2.08. The van der Waals surface area contributed by atoms with Gasteiger partial charge in [0.15, 0.2) is 0 Å². The highest BCUT2D eigenvalue weighted by Crippen LogP contribution is 2.13. The van der Waals surface area contributed by atoms with E-state index in [1.807, 2.05) is 0 Å². The molecule has 1 aromatic carbocycles. The maximum atomic E-state index is 11.8. The Morgan fingerprint density at radius 1 is 1.37 bits per heavy atom. The number of non-ortho nitro benzene ring substituents is 1. The standard InChI is InChI=1S/C12H14N2O5/c1-7(2)10(12(16)17)13-11(15)8-4-3-5-9(6-8)14(18)19/h3-7,10H,1-2H3,(H,13,15)(H,16,17). The molecule has 0 bridgehead atoms. The van der Waals surface area contributed by atoms with Crippen molar-refractivity contribution >= 4 is 17.6 Å². The average molecular weight is 266 g/mol. The van der Waals surface area contributed by atoms with E-state index in [1.165, 1.54) is 18.2 Å². The van der Waals surface area contributed by atoms with Gasteiger partial charge in [0.2, 0.25) is 0 Å². The number of carbonyl (C=O) groups excluding carboxylic acids is 1. The summed E-state index contributed by atoms with van der Waals surface area (Å²) >= 11 is 0. The highest BCUT2D eigenvalue weighted by molar-refractivity contribution is 5.97. The first-order valence-corrected chi connectivity index (χ1v) is 5.61. The number of aliphatic carboxylic acids is 1. The van der Waals surface area contributed by atoms with Crippen LogP contribution < -0.4 is 5.32 Å². The van der Waals surface area contributed by atoms with E-state index in [0.717, 1.165) is 6.07 Å². The zero-order chi connectivity index (χ0) is 14.6. The Bertz CT molecular complexity index is 513. The van der Waals surface area contributed by atoms with E-state index in [0.29, 0.717) is 0 Å². The van der Waals surface area contributed by atoms with Gasteiger partial charge < -0.3 is 10.4 Å². The summed E-state index contributed by atoms with van der Waals surface area (Å²) in [6.07, 6.45) is 0. The molecule has 1 unspecified atom stereocenters. The summed E-state index contributed by atoms with van der Waals surface area (Å²) in [6.45, 7) is 3.32. The Balaban J connectivity index is 2.91. The maximum absolute atomic E-state index is 11.8. The first-order chi connectivity index (χ1) is 8.82. The monoisotopic (exact) mass is 266 g/mol. The van der Waals surface area contributed by atoms with Gasteiger partial charge in [-0.05, 0) is 12.0 Å². The topological polar surface area (TPSA) is 110 Å². The van der Waals surface area contributed by atoms with Gasteiger partial charge in [-0.25, -0.2) is 4.79 Å². The lowest BCUT2D eigenvalue weighted by atomic mass is 10.0. The predicted octanol–water partition coefficient (Wildman–Crippen LogP) is 1.43. The molecule has 0 saturated carbocycles. The van der Waals surface area contributed by atoms with E-state index in [-0.39, 0.29) is 17.2 Å². The number of nitrogens with zero attached hydrogens (tertiary/aromatic N) is 1. The Morgan fingerprint density at radius 2 is 2.00 bits per heavy atom. The summed E-state index contributed by atoms with van der Waals surface area (Å²) in [4.78, 5) is 32.8. The number of carboxylic acid groups (broad SMARTS) is 1. The van der Waals surface area contributed by atoms with Crippen LogP contribution in [0.5, 0.6) is 0 Å². The number of carbonyl (C=O) groups is 2. The van der Waals surface area contributed by atoms with Gasteiger partial charge in [-0.2, -0.15) is 0 Å². The van der Waals surface area contributed by atoms with E-state index in [2.05, 4.69) is 5.32 Å². The molecule has 1 rings (SSSR count). The largest absolute Gasteiger partial charge is 0.480 e. The normalized spacial score (nSPS) is 11.9. The SMILES string of the molecule is CC(C)C(NC(=O)c1cccc([N+](=O)[O-])c1)C(=O)O. The summed E-state index contributed by atoms with van der Waals surface area (Å²) in [5, 5.41) is 21.9. The lowest BCUT2D eigenvalue weighted by Crippen LogP contribution is -2.44. The van der Waals surface area contributed by atoms with Crippen molar-refractivity contribution in [2.75, 3.05) is 0 Å². The predicted molar refractivity (Wildman–Crippen MR) is 66.8 cm³/mol. The molecular weight excluding hydrogens is 252 g/mol. The number of rotatable bonds is 5. The maximum Gasteiger partial charge on any atom is 0.326 e. The zero-order valence-corrected chi connectivity index (χ0v) is 10.5. The van der Waals surface area contributed by atoms with Crippen molar-refractivity contribution in [1.29, 1.82) is 0 Å². The van der Waals surface area contributed by atoms with Crippen LogP contribution in [0.15, 0.2) is 24.3 Å². The molecule has 0 spiro atoms. The van der Waals surface area contributed by atoms with Crippen molar-refractivity contribution < 1.29 is 19.6 Å². The van der Waals surface area contributed by atoms with E-state index >= 15 is 0 Å². The van der Waals surface area contributed by atoms with Gasteiger partial charge in [0.05, 0.1) is 4.92 Å². The first-order valence-electron chi connectivity index (χ1n) is 5.61. The molecule has 1 atom stereocenters. The highest BCUT2D eigenvalue weighted by atomic mass is 16.6. The van der Waals surface area contributed by atoms with Crippen molar-refractivity contribution in [2.24, 2.45) is 5.92 Å². The number of hydrogen-bond acceptors (Lipinski definition) is 4. The molecule has 19 heavy (non-hydrogen) atoms. The smallest absolute Gasteiger partial charge is 0.326 e. The molecule has 102 valence electrons. The quantitative estimate of drug-likeness (QED) is 0.619. The molecule has 7 heteroatoms. The van der Waals surface area contributed by atoms with Crippen molar-refractivity contribution in [3.63, 3.8) is 0 Å². The molecule has 0 aliphatic carbocycles. The fraction of sp³-hybridized carbons (Fsp3) is 0.333. The van der Waals surface area contributed by atoms with Gasteiger partial charge in [0.25, 0.3) is 11.6 Å². The molecule has 1 aromatic rings. The molecule has 0 fully saturated rings. The van der Waals surface area contributed by atoms with Gasteiger partial charge in [-0.1, -0.05) is 19.9 Å². The van der Waals surface area contributed by atoms with Crippen LogP contribution in [0.3, 0.4) is 0 Å². The minimum Gasteiger partial charge on any atom is -0.480 e. The molecule has 0 aliphatic heterocycles. The van der Waals surface area contributed by atoms with Crippen molar-refractivity contribution in [3.05, 3.63) is 39.9 Å². The average Bonchev–Trinajstić information content (AvgIpc) is 2.34. The number of benzene rings is 1. The fourth-order valence-corrected chi connectivity index (χ4v) is 1.50. The molecule has 0 heterocycles. The van der Waals surface area contributed by atoms with Crippen molar-refractivity contribution in [3.8, 4) is 0 Å². The van der Waals surface area contributed by atoms with E-state index < -0.39 is 22.8 Å². The minimum atomic E-state index is -1.14. The van der Waals surface area contributed by atoms with Crippen LogP contribution >= 0.6 is 0 Å². The fourth-order valence-electron chi connectivity index (χ4n) is 1.50. The van der Waals surface area contributed by atoms with Gasteiger partial charge in [-0.15, -0.1) is 0 Å². The Labute approximate surface area is 109 Å². The first kappa shape index (κ1) is 14.6. The molecular formula is C12H14N2O5. The second-order valence-corrected chi connectivity index (χ2v) is 4.34. The van der Waals surface area contributed by atoms with E-state index in [4.69, 9.17) is 5.11 Å². The van der Waals surface area contributed by atoms with Crippen LogP contribution in [-0.2, 0) is 4.79 Å². The van der Waals surface area contributed by atoms with Crippen molar-refractivity contribution in [1.82, 2.24) is 5.32 Å². The lowest BCUT2D eigenvalue weighted by Gasteiger charge is -2.17. The van der Waals surface area contributed by atoms with Crippen molar-refractivity contribution in [2.45, 2.75) is 19.9 Å². The number of nitro benzene ring substituents is 1. The van der Waals surface area contributed by atoms with Crippen LogP contribution in [0.1, 0.15) is 24.2 Å². The third kappa shape index (κ3) is 3.77. The summed E-state index contributed by atoms with van der Waals surface area (Å²) in [6, 6.07) is 4.09. The van der Waals surface area contributed by atoms with E-state index in [1.54, 1.807) is 13.8 Å². The van der Waals surface area contributed by atoms with Gasteiger partial charge >= 0.3 is 5.97 Å². The summed E-state index contributed by atoms with van der Waals surface area (Å²) in [5.41, 5.74) is -0.162. The Morgan fingerprint density at radius 3 is 2.47 bits per heavy atom. The van der Waals surface area contributed by atoms with Crippen LogP contribution in [0.2, 0.25) is 0 Å². The Kier molecular flexibility index (Phi) is 4.57. The van der Waals surface area contributed by atoms with Gasteiger partial charge in [0, 0.05) is 17.7 Å². The number of nitrogens with one attached hydrogen (secondary N) is 1. The molecule has 0 aliphatic rings. The molecule has 0 radical (unpaired) electrons.